The molecule has 0 atom stereocenters. The summed E-state index contributed by atoms with van der Waals surface area (Å²) in [4.78, 5) is 4.17. The van der Waals surface area contributed by atoms with E-state index in [0.29, 0.717) is 25.7 Å². The second kappa shape index (κ2) is 5.79. The maximum absolute atomic E-state index is 13.6. The van der Waals surface area contributed by atoms with Crippen LogP contribution in [0.4, 0.5) is 15.8 Å². The molecule has 1 heterocycles. The van der Waals surface area contributed by atoms with E-state index in [1.54, 1.807) is 30.5 Å². The van der Waals surface area contributed by atoms with E-state index >= 15 is 0 Å². The largest absolute Gasteiger partial charge is 0.354 e. The van der Waals surface area contributed by atoms with Gasteiger partial charge in [0.1, 0.15) is 5.82 Å². The first kappa shape index (κ1) is 14.6. The summed E-state index contributed by atoms with van der Waals surface area (Å²) in [5.41, 5.74) is 2.00. The third-order valence-corrected chi connectivity index (χ3v) is 4.43. The molecule has 1 N–H and O–H groups in total. The van der Waals surface area contributed by atoms with Gasteiger partial charge in [0.15, 0.2) is 0 Å². The lowest BCUT2D eigenvalue weighted by molar-refractivity contribution is 0.623. The Morgan fingerprint density at radius 2 is 1.90 bits per heavy atom. The van der Waals surface area contributed by atoms with Crippen molar-refractivity contribution in [2.24, 2.45) is 0 Å². The number of benzene rings is 2. The lowest BCUT2D eigenvalue weighted by Crippen LogP contribution is -1.94. The minimum atomic E-state index is -0.354. The summed E-state index contributed by atoms with van der Waals surface area (Å²) < 4.78 is 14.0. The highest BCUT2D eigenvalue weighted by Gasteiger charge is 2.09. The average Bonchev–Trinajstić information content (AvgIpc) is 2.46. The Labute approximate surface area is 139 Å². The highest BCUT2D eigenvalue weighted by molar-refractivity contribution is 9.10. The predicted molar refractivity (Wildman–Crippen MR) is 89.1 cm³/mol. The number of halogens is 4. The first-order chi connectivity index (χ1) is 10.1. The molecule has 6 heteroatoms. The van der Waals surface area contributed by atoms with Gasteiger partial charge in [0, 0.05) is 23.3 Å². The van der Waals surface area contributed by atoms with Gasteiger partial charge in [0.05, 0.1) is 25.7 Å². The Hall–Kier alpha value is -1.36. The van der Waals surface area contributed by atoms with E-state index in [9.17, 15) is 4.39 Å². The van der Waals surface area contributed by atoms with Crippen LogP contribution in [-0.2, 0) is 0 Å². The van der Waals surface area contributed by atoms with Crippen LogP contribution in [0.1, 0.15) is 0 Å². The molecule has 0 saturated heterocycles. The molecule has 0 aliphatic heterocycles. The minimum Gasteiger partial charge on any atom is -0.354 e. The van der Waals surface area contributed by atoms with E-state index in [2.05, 4.69) is 26.2 Å². The topological polar surface area (TPSA) is 24.9 Å². The van der Waals surface area contributed by atoms with Gasteiger partial charge in [0.2, 0.25) is 0 Å². The monoisotopic (exact) mass is 384 g/mol. The highest BCUT2D eigenvalue weighted by Crippen LogP contribution is 2.34. The smallest absolute Gasteiger partial charge is 0.139 e. The van der Waals surface area contributed by atoms with Gasteiger partial charge in [-0.25, -0.2) is 4.39 Å². The number of hydrogen-bond donors (Lipinski definition) is 1. The van der Waals surface area contributed by atoms with E-state index in [1.165, 1.54) is 6.07 Å². The molecule has 3 aromatic rings. The number of fused-ring (bicyclic) bond motifs is 1. The standard InChI is InChI=1S/C15H8BrCl2FN2/c16-9-6-8-12(4-5-20-14(8)7-11(9)19)21-13-3-1-2-10(17)15(13)18/h1-7H,(H,20,21). The number of rotatable bonds is 2. The van der Waals surface area contributed by atoms with Gasteiger partial charge in [-0.15, -0.1) is 0 Å². The van der Waals surface area contributed by atoms with Crippen molar-refractivity contribution >= 4 is 61.4 Å². The van der Waals surface area contributed by atoms with Crippen LogP contribution < -0.4 is 5.32 Å². The quantitative estimate of drug-likeness (QED) is 0.569. The van der Waals surface area contributed by atoms with Crippen molar-refractivity contribution in [1.29, 1.82) is 0 Å². The molecule has 106 valence electrons. The molecule has 0 amide bonds. The van der Waals surface area contributed by atoms with Crippen molar-refractivity contribution in [3.63, 3.8) is 0 Å². The number of nitrogens with zero attached hydrogens (tertiary/aromatic N) is 1. The number of aromatic nitrogens is 1. The normalized spacial score (nSPS) is 10.9. The number of hydrogen-bond acceptors (Lipinski definition) is 2. The van der Waals surface area contributed by atoms with Gasteiger partial charge in [-0.3, -0.25) is 4.98 Å². The summed E-state index contributed by atoms with van der Waals surface area (Å²) in [6, 6.07) is 10.2. The van der Waals surface area contributed by atoms with Gasteiger partial charge in [-0.1, -0.05) is 29.3 Å². The van der Waals surface area contributed by atoms with Gasteiger partial charge in [-0.2, -0.15) is 0 Å². The Morgan fingerprint density at radius 1 is 1.10 bits per heavy atom. The van der Waals surface area contributed by atoms with Crippen molar-refractivity contribution in [2.45, 2.75) is 0 Å². The van der Waals surface area contributed by atoms with Crippen molar-refractivity contribution in [2.75, 3.05) is 5.32 Å². The molecule has 1 aromatic heterocycles. The first-order valence-electron chi connectivity index (χ1n) is 6.01. The van der Waals surface area contributed by atoms with Crippen LogP contribution in [0.3, 0.4) is 0 Å². The second-order valence-corrected chi connectivity index (χ2v) is 6.01. The Kier molecular flexibility index (Phi) is 4.02. The minimum absolute atomic E-state index is 0.354. The molecule has 0 aliphatic carbocycles. The fraction of sp³-hybridized carbons (Fsp3) is 0. The third kappa shape index (κ3) is 2.84. The molecule has 0 saturated carbocycles. The molecule has 21 heavy (non-hydrogen) atoms. The van der Waals surface area contributed by atoms with Gasteiger partial charge in [0.25, 0.3) is 0 Å². The zero-order chi connectivity index (χ0) is 15.0. The molecule has 2 nitrogen and oxygen atoms in total. The van der Waals surface area contributed by atoms with Crippen LogP contribution in [0.15, 0.2) is 47.1 Å². The lowest BCUT2D eigenvalue weighted by Gasteiger charge is -2.12. The van der Waals surface area contributed by atoms with Gasteiger partial charge >= 0.3 is 0 Å². The Balaban J connectivity index is 2.12. The maximum atomic E-state index is 13.6. The molecule has 0 radical (unpaired) electrons. The summed E-state index contributed by atoms with van der Waals surface area (Å²) in [7, 11) is 0. The van der Waals surface area contributed by atoms with Crippen LogP contribution in [-0.4, -0.2) is 4.98 Å². The summed E-state index contributed by atoms with van der Waals surface area (Å²) in [5.74, 6) is -0.354. The average molecular weight is 386 g/mol. The highest BCUT2D eigenvalue weighted by atomic mass is 79.9. The number of pyridine rings is 1. The summed E-state index contributed by atoms with van der Waals surface area (Å²) >= 11 is 15.4. The zero-order valence-corrected chi connectivity index (χ0v) is 13.6. The predicted octanol–water partition coefficient (Wildman–Crippen LogP) is 6.19. The molecule has 2 aromatic carbocycles. The zero-order valence-electron chi connectivity index (χ0n) is 10.5. The van der Waals surface area contributed by atoms with Gasteiger partial charge in [-0.05, 0) is 40.2 Å². The second-order valence-electron chi connectivity index (χ2n) is 4.37. The lowest BCUT2D eigenvalue weighted by atomic mass is 10.1. The molecule has 0 bridgehead atoms. The molecule has 0 aliphatic rings. The number of anilines is 2. The van der Waals surface area contributed by atoms with Crippen LogP contribution in [0.25, 0.3) is 10.9 Å². The molecular formula is C15H8BrCl2FN2. The summed E-state index contributed by atoms with van der Waals surface area (Å²) in [5, 5.41) is 4.88. The summed E-state index contributed by atoms with van der Waals surface area (Å²) in [6.07, 6.45) is 1.61. The van der Waals surface area contributed by atoms with Crippen molar-refractivity contribution in [1.82, 2.24) is 4.98 Å². The maximum Gasteiger partial charge on any atom is 0.139 e. The third-order valence-electron chi connectivity index (χ3n) is 3.00. The van der Waals surface area contributed by atoms with Crippen molar-refractivity contribution in [3.05, 3.63) is 62.9 Å². The van der Waals surface area contributed by atoms with Crippen LogP contribution in [0.5, 0.6) is 0 Å². The fourth-order valence-corrected chi connectivity index (χ4v) is 2.69. The van der Waals surface area contributed by atoms with E-state index in [-0.39, 0.29) is 5.82 Å². The van der Waals surface area contributed by atoms with E-state index < -0.39 is 0 Å². The van der Waals surface area contributed by atoms with Crippen molar-refractivity contribution < 1.29 is 4.39 Å². The molecule has 0 spiro atoms. The van der Waals surface area contributed by atoms with Crippen molar-refractivity contribution in [3.8, 4) is 0 Å². The molecule has 0 fully saturated rings. The van der Waals surface area contributed by atoms with Crippen LogP contribution >= 0.6 is 39.1 Å². The first-order valence-corrected chi connectivity index (χ1v) is 7.56. The summed E-state index contributed by atoms with van der Waals surface area (Å²) in [6.45, 7) is 0. The van der Waals surface area contributed by atoms with Crippen LogP contribution in [0.2, 0.25) is 10.0 Å². The number of nitrogens with one attached hydrogen (secondary N) is 1. The molecule has 3 rings (SSSR count). The van der Waals surface area contributed by atoms with Gasteiger partial charge < -0.3 is 5.32 Å². The van der Waals surface area contributed by atoms with E-state index in [1.807, 2.05) is 6.07 Å². The Morgan fingerprint density at radius 3 is 2.71 bits per heavy atom. The Bertz CT molecular complexity index is 839. The van der Waals surface area contributed by atoms with E-state index in [4.69, 9.17) is 23.2 Å². The van der Waals surface area contributed by atoms with Crippen LogP contribution in [0, 0.1) is 5.82 Å². The molecular weight excluding hydrogens is 378 g/mol. The van der Waals surface area contributed by atoms with E-state index in [0.717, 1.165) is 11.1 Å². The SMILES string of the molecule is Fc1cc2nccc(Nc3cccc(Cl)c3Cl)c2cc1Br. The molecule has 0 unspecified atom stereocenters. The fourth-order valence-electron chi connectivity index (χ4n) is 2.00.